The smallest absolute Gasteiger partial charge is 0.229 e. The first-order chi connectivity index (χ1) is 12.0. The van der Waals surface area contributed by atoms with Gasteiger partial charge < -0.3 is 15.2 Å². The van der Waals surface area contributed by atoms with Crippen LogP contribution < -0.4 is 15.2 Å². The molecule has 25 heavy (non-hydrogen) atoms. The normalized spacial score (nSPS) is 21.7. The van der Waals surface area contributed by atoms with Crippen LogP contribution in [0.15, 0.2) is 36.5 Å². The predicted octanol–water partition coefficient (Wildman–Crippen LogP) is 2.07. The van der Waals surface area contributed by atoms with Crippen molar-refractivity contribution in [1.82, 2.24) is 4.98 Å². The molecule has 0 spiro atoms. The lowest BCUT2D eigenvalue weighted by atomic mass is 9.63. The first-order valence-corrected chi connectivity index (χ1v) is 7.65. The van der Waals surface area contributed by atoms with Gasteiger partial charge in [-0.3, -0.25) is 9.78 Å². The van der Waals surface area contributed by atoms with Crippen molar-refractivity contribution in [1.29, 1.82) is 5.26 Å². The first-order valence-electron chi connectivity index (χ1n) is 7.65. The zero-order chi connectivity index (χ0) is 18.0. The molecule has 0 atom stereocenters. The Morgan fingerprint density at radius 3 is 2.76 bits per heavy atom. The van der Waals surface area contributed by atoms with Gasteiger partial charge in [0.2, 0.25) is 5.91 Å². The van der Waals surface area contributed by atoms with Gasteiger partial charge in [0.05, 0.1) is 29.9 Å². The Balaban J connectivity index is 1.81. The Kier molecular flexibility index (Phi) is 4.28. The van der Waals surface area contributed by atoms with Gasteiger partial charge in [0.1, 0.15) is 11.9 Å². The molecule has 0 unspecified atom stereocenters. The van der Waals surface area contributed by atoms with Crippen molar-refractivity contribution in [3.05, 3.63) is 53.6 Å². The zero-order valence-electron chi connectivity index (χ0n) is 13.5. The molecule has 128 valence electrons. The summed E-state index contributed by atoms with van der Waals surface area (Å²) in [4.78, 5) is 16.2. The largest absolute Gasteiger partial charge is 0.493 e. The number of nitrogens with zero attached hydrogens (tertiary/aromatic N) is 2. The molecule has 6 nitrogen and oxygen atoms in total. The van der Waals surface area contributed by atoms with Crippen molar-refractivity contribution in [3.63, 3.8) is 0 Å². The molecule has 1 aromatic heterocycles. The lowest BCUT2D eigenvalue weighted by molar-refractivity contribution is -0.131. The maximum atomic E-state index is 13.4. The van der Waals surface area contributed by atoms with Crippen LogP contribution in [0.3, 0.4) is 0 Å². The van der Waals surface area contributed by atoms with Gasteiger partial charge in [-0.25, -0.2) is 4.39 Å². The maximum Gasteiger partial charge on any atom is 0.229 e. The third kappa shape index (κ3) is 2.98. The third-order valence-corrected chi connectivity index (χ3v) is 4.42. The molecule has 1 saturated carbocycles. The topological polar surface area (TPSA) is 98.2 Å². The van der Waals surface area contributed by atoms with E-state index in [2.05, 4.69) is 4.98 Å². The van der Waals surface area contributed by atoms with E-state index >= 15 is 0 Å². The number of primary amides is 1. The molecule has 3 rings (SSSR count). The first kappa shape index (κ1) is 16.7. The molecule has 1 heterocycles. The molecule has 1 fully saturated rings. The van der Waals surface area contributed by atoms with Crippen LogP contribution in [0.25, 0.3) is 0 Å². The summed E-state index contributed by atoms with van der Waals surface area (Å²) >= 11 is 0. The predicted molar refractivity (Wildman–Crippen MR) is 86.4 cm³/mol. The van der Waals surface area contributed by atoms with E-state index in [-0.39, 0.29) is 11.9 Å². The fourth-order valence-corrected chi connectivity index (χ4v) is 3.02. The molecule has 1 amide bonds. The molecule has 7 heteroatoms. The number of methoxy groups -OCH3 is 1. The highest BCUT2D eigenvalue weighted by molar-refractivity contribution is 5.87. The fraction of sp³-hybridized carbons (Fsp3) is 0.278. The van der Waals surface area contributed by atoms with Crippen LogP contribution in [0.1, 0.15) is 24.1 Å². The van der Waals surface area contributed by atoms with Crippen LogP contribution >= 0.6 is 0 Å². The number of hydrogen-bond donors (Lipinski definition) is 1. The van der Waals surface area contributed by atoms with Crippen LogP contribution in [0.5, 0.6) is 11.5 Å². The Morgan fingerprint density at radius 1 is 1.36 bits per heavy atom. The molecule has 0 radical (unpaired) electrons. The number of carbonyl (C=O) groups is 1. The number of benzene rings is 1. The minimum atomic E-state index is -0.988. The molecule has 1 aliphatic rings. The average Bonchev–Trinajstić information content (AvgIpc) is 2.57. The molecule has 0 bridgehead atoms. The number of rotatable bonds is 5. The molecule has 1 aliphatic carbocycles. The van der Waals surface area contributed by atoms with Crippen LogP contribution in [-0.4, -0.2) is 24.1 Å². The quantitative estimate of drug-likeness (QED) is 0.897. The van der Waals surface area contributed by atoms with E-state index in [0.29, 0.717) is 29.8 Å². The average molecular weight is 341 g/mol. The summed E-state index contributed by atoms with van der Waals surface area (Å²) in [6.07, 6.45) is 1.73. The number of nitriles is 1. The second kappa shape index (κ2) is 6.40. The summed E-state index contributed by atoms with van der Waals surface area (Å²) in [6.45, 7) is 0. The van der Waals surface area contributed by atoms with Crippen molar-refractivity contribution in [2.45, 2.75) is 24.4 Å². The summed E-state index contributed by atoms with van der Waals surface area (Å²) < 4.78 is 24.4. The van der Waals surface area contributed by atoms with E-state index in [0.717, 1.165) is 0 Å². The van der Waals surface area contributed by atoms with E-state index in [1.54, 1.807) is 12.1 Å². The zero-order valence-corrected chi connectivity index (χ0v) is 13.5. The molecule has 0 aliphatic heterocycles. The molecule has 1 aromatic carbocycles. The minimum absolute atomic E-state index is 0.268. The SMILES string of the molecule is COc1ccc(F)cc1OC1CC(C(N)=O)(c2cc(C#N)ccn2)C1. The number of pyridine rings is 1. The van der Waals surface area contributed by atoms with Crippen molar-refractivity contribution in [3.8, 4) is 17.6 Å². The van der Waals surface area contributed by atoms with Gasteiger partial charge in [-0.2, -0.15) is 5.26 Å². The fourth-order valence-electron chi connectivity index (χ4n) is 3.02. The number of amides is 1. The van der Waals surface area contributed by atoms with Gasteiger partial charge in [-0.1, -0.05) is 0 Å². The highest BCUT2D eigenvalue weighted by Crippen LogP contribution is 2.45. The second-order valence-electron chi connectivity index (χ2n) is 5.93. The van der Waals surface area contributed by atoms with Gasteiger partial charge in [0.25, 0.3) is 0 Å². The number of halogens is 1. The maximum absolute atomic E-state index is 13.4. The summed E-state index contributed by atoms with van der Waals surface area (Å²) in [6, 6.07) is 9.12. The van der Waals surface area contributed by atoms with Crippen molar-refractivity contribution in [2.75, 3.05) is 7.11 Å². The molecule has 2 N–H and O–H groups in total. The Bertz CT molecular complexity index is 857. The third-order valence-electron chi connectivity index (χ3n) is 4.42. The Morgan fingerprint density at radius 2 is 2.12 bits per heavy atom. The number of carbonyl (C=O) groups excluding carboxylic acids is 1. The monoisotopic (exact) mass is 341 g/mol. The summed E-state index contributed by atoms with van der Waals surface area (Å²) in [5, 5.41) is 9.02. The van der Waals surface area contributed by atoms with Crippen LogP contribution in [0.4, 0.5) is 4.39 Å². The lowest BCUT2D eigenvalue weighted by Gasteiger charge is -2.44. The van der Waals surface area contributed by atoms with E-state index in [4.69, 9.17) is 20.5 Å². The molecule has 2 aromatic rings. The summed E-state index contributed by atoms with van der Waals surface area (Å²) in [5.74, 6) is -0.298. The van der Waals surface area contributed by atoms with E-state index in [9.17, 15) is 9.18 Å². The molecule has 0 saturated heterocycles. The van der Waals surface area contributed by atoms with Gasteiger partial charge in [0, 0.05) is 25.1 Å². The van der Waals surface area contributed by atoms with E-state index in [1.807, 2.05) is 6.07 Å². The summed E-state index contributed by atoms with van der Waals surface area (Å²) in [5.41, 5.74) is 5.46. The molecular weight excluding hydrogens is 325 g/mol. The molecular formula is C18H16FN3O3. The highest BCUT2D eigenvalue weighted by Gasteiger charge is 2.53. The van der Waals surface area contributed by atoms with Crippen LogP contribution in [0, 0.1) is 17.1 Å². The van der Waals surface area contributed by atoms with Gasteiger partial charge in [-0.05, 0) is 24.3 Å². The number of aromatic nitrogens is 1. The highest BCUT2D eigenvalue weighted by atomic mass is 19.1. The van der Waals surface area contributed by atoms with Gasteiger partial charge >= 0.3 is 0 Å². The minimum Gasteiger partial charge on any atom is -0.493 e. The number of hydrogen-bond acceptors (Lipinski definition) is 5. The van der Waals surface area contributed by atoms with E-state index in [1.165, 1.54) is 31.5 Å². The van der Waals surface area contributed by atoms with Gasteiger partial charge in [-0.15, -0.1) is 0 Å². The van der Waals surface area contributed by atoms with Gasteiger partial charge in [0.15, 0.2) is 11.5 Å². The van der Waals surface area contributed by atoms with Crippen molar-refractivity contribution in [2.24, 2.45) is 5.73 Å². The second-order valence-corrected chi connectivity index (χ2v) is 5.93. The summed E-state index contributed by atoms with van der Waals surface area (Å²) in [7, 11) is 1.46. The van der Waals surface area contributed by atoms with Crippen molar-refractivity contribution >= 4 is 5.91 Å². The Labute approximate surface area is 144 Å². The number of ether oxygens (including phenoxy) is 2. The van der Waals surface area contributed by atoms with Crippen LogP contribution in [0.2, 0.25) is 0 Å². The lowest BCUT2D eigenvalue weighted by Crippen LogP contribution is -2.55. The van der Waals surface area contributed by atoms with Crippen molar-refractivity contribution < 1.29 is 18.7 Å². The van der Waals surface area contributed by atoms with E-state index < -0.39 is 17.1 Å². The van der Waals surface area contributed by atoms with Crippen LogP contribution in [-0.2, 0) is 10.2 Å². The Hall–Kier alpha value is -3.14. The standard InChI is InChI=1S/C18H16FN3O3/c1-24-14-3-2-12(19)7-15(14)25-13-8-18(9-13,17(21)23)16-6-11(10-20)4-5-22-16/h2-7,13H,8-9H2,1H3,(H2,21,23). The number of nitrogens with two attached hydrogens (primary N) is 1.